The van der Waals surface area contributed by atoms with Crippen molar-refractivity contribution in [3.8, 4) is 84.3 Å². The van der Waals surface area contributed by atoms with E-state index in [2.05, 4.69) is 108 Å². The molecule has 0 atom stereocenters. The van der Waals surface area contributed by atoms with Crippen molar-refractivity contribution in [2.75, 3.05) is 0 Å². The maximum Gasteiger partial charge on any atom is 0.269 e. The molecular weight excluding hydrogens is 961 g/mol. The second-order valence-electron chi connectivity index (χ2n) is 23.6. The number of aryl methyl sites for hydroxylation is 2. The molecule has 0 N–H and O–H groups in total. The second-order valence-corrected chi connectivity index (χ2v) is 23.6. The van der Waals surface area contributed by atoms with E-state index in [1.165, 1.54) is 23.8 Å². The third-order valence-corrected chi connectivity index (χ3v) is 16.7. The summed E-state index contributed by atoms with van der Waals surface area (Å²) in [4.78, 5) is 4.90. The van der Waals surface area contributed by atoms with Gasteiger partial charge < -0.3 is 4.74 Å². The molecule has 3 aromatic heterocycles. The number of pyridine rings is 1. The van der Waals surface area contributed by atoms with Crippen LogP contribution >= 0.6 is 0 Å². The maximum atomic E-state index is 9.43. The molecule has 0 saturated carbocycles. The lowest BCUT2D eigenvalue weighted by molar-refractivity contribution is -0.570. The average molecular weight is 1040 g/mol. The molecule has 0 bridgehead atoms. The fraction of sp³-hybridized carbons (Fsp3) is 0.189. The van der Waals surface area contributed by atoms with Gasteiger partial charge in [-0.3, -0.25) is 13.7 Å². The lowest BCUT2D eigenvalue weighted by Gasteiger charge is -2.42. The molecule has 4 heterocycles. The molecule has 0 amide bonds. The number of rotatable bonds is 6. The molecule has 14 rings (SSSR count). The van der Waals surface area contributed by atoms with Gasteiger partial charge in [0.1, 0.15) is 17.3 Å². The van der Waals surface area contributed by atoms with E-state index in [0.717, 1.165) is 73.8 Å². The Morgan fingerprint density at radius 3 is 1.96 bits per heavy atom. The largest absolute Gasteiger partial charge is 0.458 e. The standard InChI is InChI=1S/C74H64N4O/c1-46-20-17-21-47(2)69(46)59-30-19-29-58-61-44-64-63(73(6,7)35-36-74(64,8)9)43-60(61)54-26-13-14-27-55(54)62-38-49(48-22-11-10-12-23-48)39-67-71(62)77(70(58)59)45-76(67)51-24-18-25-52(41-51)79-53-32-33-57-56-28-15-16-31-65(56)78(66(57)42-53)68-40-50(34-37-75-68)72(3,4)5/h10-34,37-44H,35-36H2,1-9H3/i1D3,2D3,10D,11D,12D,22D,23D. The molecule has 1 aliphatic heterocycles. The minimum Gasteiger partial charge on any atom is -0.458 e. The van der Waals surface area contributed by atoms with Gasteiger partial charge in [0.05, 0.1) is 40.3 Å². The zero-order valence-corrected chi connectivity index (χ0v) is 45.3. The summed E-state index contributed by atoms with van der Waals surface area (Å²) in [5, 5.41) is 2.09. The Balaban J connectivity index is 1.09. The molecule has 2 aliphatic rings. The predicted molar refractivity (Wildman–Crippen MR) is 326 cm³/mol. The van der Waals surface area contributed by atoms with E-state index in [4.69, 9.17) is 22.1 Å². The molecule has 0 fully saturated rings. The minimum absolute atomic E-state index is 0.00510. The van der Waals surface area contributed by atoms with E-state index < -0.39 is 31.8 Å². The highest BCUT2D eigenvalue weighted by molar-refractivity contribution is 6.10. The van der Waals surface area contributed by atoms with Crippen LogP contribution in [0, 0.1) is 20.0 Å². The molecule has 5 heteroatoms. The zero-order chi connectivity index (χ0) is 63.5. The fourth-order valence-electron chi connectivity index (χ4n) is 12.5. The Labute approximate surface area is 479 Å². The summed E-state index contributed by atoms with van der Waals surface area (Å²) in [5.41, 5.74) is 11.9. The number of benzene rings is 9. The van der Waals surface area contributed by atoms with Crippen molar-refractivity contribution < 1.29 is 24.4 Å². The molecule has 1 aliphatic carbocycles. The van der Waals surface area contributed by atoms with Crippen LogP contribution in [0.4, 0.5) is 0 Å². The van der Waals surface area contributed by atoms with Gasteiger partial charge in [0, 0.05) is 31.3 Å². The average Bonchev–Trinajstić information content (AvgIpc) is 1.40. The van der Waals surface area contributed by atoms with Gasteiger partial charge in [0.15, 0.2) is 0 Å². The second kappa shape index (κ2) is 17.9. The van der Waals surface area contributed by atoms with Gasteiger partial charge in [-0.25, -0.2) is 4.98 Å². The molecule has 5 nitrogen and oxygen atoms in total. The summed E-state index contributed by atoms with van der Waals surface area (Å²) in [7, 11) is 0. The Bertz CT molecular complexity index is 4960. The van der Waals surface area contributed by atoms with Crippen molar-refractivity contribution in [2.24, 2.45) is 0 Å². The summed E-state index contributed by atoms with van der Waals surface area (Å²) < 4.78 is 112. The Hall–Kier alpha value is -8.80. The van der Waals surface area contributed by atoms with Crippen LogP contribution in [0.3, 0.4) is 0 Å². The number of fused-ring (bicyclic) bond motifs is 11. The minimum atomic E-state index is -2.76. The van der Waals surface area contributed by atoms with Gasteiger partial charge in [-0.05, 0) is 187 Å². The van der Waals surface area contributed by atoms with Crippen LogP contribution in [-0.2, 0) is 16.2 Å². The van der Waals surface area contributed by atoms with E-state index in [1.54, 1.807) is 6.07 Å². The van der Waals surface area contributed by atoms with Gasteiger partial charge in [-0.1, -0.05) is 176 Å². The van der Waals surface area contributed by atoms with Gasteiger partial charge in [0.25, 0.3) is 6.33 Å². The van der Waals surface area contributed by atoms with Crippen molar-refractivity contribution in [3.63, 3.8) is 0 Å². The van der Waals surface area contributed by atoms with Crippen molar-refractivity contribution in [1.29, 1.82) is 0 Å². The Morgan fingerprint density at radius 1 is 0.570 bits per heavy atom. The molecule has 386 valence electrons. The predicted octanol–water partition coefficient (Wildman–Crippen LogP) is 18.9. The summed E-state index contributed by atoms with van der Waals surface area (Å²) in [6, 6.07) is 50.2. The number of hydrogen-bond acceptors (Lipinski definition) is 2. The SMILES string of the molecule is [2H]c1c([2H])c([2H])c(-c2cc3c4c(c2)n(-c2cccc(Oc5ccc6c7ccccc7n(-c7cc(C(C)(C)C)ccn7)c6c5)c2)[c-][n+]4-c2c(cccc2-c2c(C([2H])([2H])[2H])cccc2C([2H])([2H])[2H])-c2cc4c(cc2-c2ccccc2-3)C(C)(C)CCC4(C)C)c([2H])c1[2H]. The molecule has 9 aromatic carbocycles. The highest BCUT2D eigenvalue weighted by atomic mass is 16.5. The van der Waals surface area contributed by atoms with Gasteiger partial charge in [-0.2, -0.15) is 0 Å². The Kier molecular flexibility index (Phi) is 8.57. The number of aromatic nitrogens is 4. The molecule has 0 saturated heterocycles. The molecule has 0 radical (unpaired) electrons. The molecule has 0 spiro atoms. The number of nitrogens with zero attached hydrogens (tertiary/aromatic N) is 4. The first kappa shape index (κ1) is 37.9. The lowest BCUT2D eigenvalue weighted by atomic mass is 9.62. The van der Waals surface area contributed by atoms with E-state index in [0.29, 0.717) is 56.2 Å². The van der Waals surface area contributed by atoms with Crippen molar-refractivity contribution in [3.05, 3.63) is 234 Å². The van der Waals surface area contributed by atoms with Crippen LogP contribution in [0.2, 0.25) is 0 Å². The lowest BCUT2D eigenvalue weighted by Crippen LogP contribution is -2.34. The van der Waals surface area contributed by atoms with Crippen molar-refractivity contribution in [1.82, 2.24) is 14.1 Å². The highest BCUT2D eigenvalue weighted by Crippen LogP contribution is 2.53. The smallest absolute Gasteiger partial charge is 0.269 e. The fourth-order valence-corrected chi connectivity index (χ4v) is 12.5. The van der Waals surface area contributed by atoms with Crippen molar-refractivity contribution in [2.45, 2.75) is 91.3 Å². The van der Waals surface area contributed by atoms with E-state index in [-0.39, 0.29) is 50.6 Å². The van der Waals surface area contributed by atoms with Gasteiger partial charge >= 0.3 is 0 Å². The number of ether oxygens (including phenoxy) is 1. The number of para-hydroxylation sites is 2. The first-order valence-corrected chi connectivity index (χ1v) is 27.1. The van der Waals surface area contributed by atoms with Crippen molar-refractivity contribution >= 4 is 32.8 Å². The first-order valence-electron chi connectivity index (χ1n) is 32.6. The van der Waals surface area contributed by atoms with E-state index >= 15 is 0 Å². The maximum absolute atomic E-state index is 9.43. The van der Waals surface area contributed by atoms with Crippen LogP contribution in [-0.4, -0.2) is 14.1 Å². The normalized spacial score (nSPS) is 16.6. The van der Waals surface area contributed by atoms with E-state index in [1.807, 2.05) is 106 Å². The highest BCUT2D eigenvalue weighted by Gasteiger charge is 2.39. The topological polar surface area (TPSA) is 35.9 Å². The first-order chi connectivity index (χ1) is 42.6. The summed E-state index contributed by atoms with van der Waals surface area (Å²) in [6.07, 6.45) is 7.49. The summed E-state index contributed by atoms with van der Waals surface area (Å²) in [6.45, 7) is 10.1. The van der Waals surface area contributed by atoms with Crippen LogP contribution in [0.5, 0.6) is 11.5 Å². The number of imidazole rings is 1. The van der Waals surface area contributed by atoms with E-state index in [9.17, 15) is 2.74 Å². The molecular formula is C74H64N4O. The molecule has 12 aromatic rings. The molecule has 79 heavy (non-hydrogen) atoms. The van der Waals surface area contributed by atoms with Crippen LogP contribution in [0.15, 0.2) is 200 Å². The Morgan fingerprint density at radius 2 is 1.22 bits per heavy atom. The zero-order valence-electron chi connectivity index (χ0n) is 56.3. The quantitative estimate of drug-likeness (QED) is 0.123. The number of hydrogen-bond donors (Lipinski definition) is 0. The monoisotopic (exact) mass is 1040 g/mol. The summed E-state index contributed by atoms with van der Waals surface area (Å²) in [5.74, 6) is 1.80. The molecule has 0 unspecified atom stereocenters. The third kappa shape index (κ3) is 7.88. The van der Waals surface area contributed by atoms with Crippen LogP contribution in [0.25, 0.3) is 106 Å². The summed E-state index contributed by atoms with van der Waals surface area (Å²) >= 11 is 0. The van der Waals surface area contributed by atoms with Gasteiger partial charge in [0.2, 0.25) is 0 Å². The van der Waals surface area contributed by atoms with Gasteiger partial charge in [-0.15, -0.1) is 0 Å². The van der Waals surface area contributed by atoms with Crippen LogP contribution < -0.4 is 9.30 Å². The van der Waals surface area contributed by atoms with Crippen LogP contribution in [0.1, 0.15) is 104 Å². The third-order valence-electron chi connectivity index (χ3n) is 16.7.